The van der Waals surface area contributed by atoms with Gasteiger partial charge in [0.2, 0.25) is 10.0 Å². The number of sulfonamides is 1. The van der Waals surface area contributed by atoms with Crippen LogP contribution in [0.4, 0.5) is 5.69 Å². The molecule has 3 N–H and O–H groups in total. The lowest BCUT2D eigenvalue weighted by Crippen LogP contribution is -2.50. The fourth-order valence-electron chi connectivity index (χ4n) is 2.03. The van der Waals surface area contributed by atoms with Crippen molar-refractivity contribution in [1.29, 1.82) is 0 Å². The molecule has 7 nitrogen and oxygen atoms in total. The minimum atomic E-state index is -3.83. The molecule has 0 aliphatic heterocycles. The number of hydrogen-bond donors (Lipinski definition) is 2. The number of nitrogens with one attached hydrogen (secondary N) is 1. The zero-order valence-electron chi connectivity index (χ0n) is 10.7. The molecule has 0 bridgehead atoms. The zero-order valence-corrected chi connectivity index (χ0v) is 12.2. The van der Waals surface area contributed by atoms with Gasteiger partial charge < -0.3 is 5.73 Å². The zero-order chi connectivity index (χ0) is 15.1. The summed E-state index contributed by atoms with van der Waals surface area (Å²) in [5.41, 5.74) is 5.51. The van der Waals surface area contributed by atoms with E-state index in [1.54, 1.807) is 0 Å². The van der Waals surface area contributed by atoms with Gasteiger partial charge in [-0.25, -0.2) is 13.1 Å². The molecule has 0 amide bonds. The first-order valence-electron chi connectivity index (χ1n) is 5.93. The van der Waals surface area contributed by atoms with Crippen molar-refractivity contribution < 1.29 is 13.3 Å². The topological polar surface area (TPSA) is 115 Å². The van der Waals surface area contributed by atoms with E-state index in [1.165, 1.54) is 13.0 Å². The van der Waals surface area contributed by atoms with Crippen LogP contribution in [0.3, 0.4) is 0 Å². The van der Waals surface area contributed by atoms with Gasteiger partial charge in [-0.1, -0.05) is 11.6 Å². The number of halogens is 1. The SMILES string of the molecule is Cc1c(Cl)cc(S(=O)(=O)NC2CC(N)C2)cc1[N+](=O)[O-]. The van der Waals surface area contributed by atoms with Crippen LogP contribution in [-0.2, 0) is 10.0 Å². The molecule has 0 heterocycles. The van der Waals surface area contributed by atoms with Gasteiger partial charge in [-0.05, 0) is 25.8 Å². The highest BCUT2D eigenvalue weighted by Crippen LogP contribution is 2.30. The standard InChI is InChI=1S/C11H14ClN3O4S/c1-6-10(12)4-9(5-11(6)15(16)17)20(18,19)14-8-2-7(13)3-8/h4-5,7-8,14H,2-3,13H2,1H3. The Morgan fingerprint density at radius 3 is 2.55 bits per heavy atom. The first-order chi connectivity index (χ1) is 9.20. The molecule has 0 aromatic heterocycles. The van der Waals surface area contributed by atoms with E-state index >= 15 is 0 Å². The van der Waals surface area contributed by atoms with Crippen molar-refractivity contribution in [2.75, 3.05) is 0 Å². The van der Waals surface area contributed by atoms with E-state index in [0.29, 0.717) is 12.8 Å². The van der Waals surface area contributed by atoms with Gasteiger partial charge in [0, 0.05) is 23.7 Å². The summed E-state index contributed by atoms with van der Waals surface area (Å²) in [5.74, 6) is 0. The summed E-state index contributed by atoms with van der Waals surface area (Å²) in [7, 11) is -3.83. The van der Waals surface area contributed by atoms with E-state index in [-0.39, 0.29) is 33.3 Å². The Labute approximate surface area is 121 Å². The van der Waals surface area contributed by atoms with Crippen LogP contribution >= 0.6 is 11.6 Å². The van der Waals surface area contributed by atoms with Crippen LogP contribution in [-0.4, -0.2) is 25.4 Å². The van der Waals surface area contributed by atoms with Gasteiger partial charge in [0.15, 0.2) is 0 Å². The highest BCUT2D eigenvalue weighted by molar-refractivity contribution is 7.89. The van der Waals surface area contributed by atoms with E-state index in [2.05, 4.69) is 4.72 Å². The normalized spacial score (nSPS) is 22.4. The highest BCUT2D eigenvalue weighted by Gasteiger charge is 2.31. The number of nitrogens with zero attached hydrogens (tertiary/aromatic N) is 1. The molecule has 0 radical (unpaired) electrons. The smallest absolute Gasteiger partial charge is 0.275 e. The monoisotopic (exact) mass is 319 g/mol. The summed E-state index contributed by atoms with van der Waals surface area (Å²) in [6.07, 6.45) is 1.11. The minimum Gasteiger partial charge on any atom is -0.328 e. The lowest BCUT2D eigenvalue weighted by atomic mass is 9.89. The number of benzene rings is 1. The number of nitrogens with two attached hydrogens (primary N) is 1. The van der Waals surface area contributed by atoms with Crippen LogP contribution in [0.2, 0.25) is 5.02 Å². The highest BCUT2D eigenvalue weighted by atomic mass is 35.5. The number of rotatable bonds is 4. The third-order valence-electron chi connectivity index (χ3n) is 3.29. The van der Waals surface area contributed by atoms with Crippen molar-refractivity contribution in [2.24, 2.45) is 5.73 Å². The molecule has 1 aromatic carbocycles. The van der Waals surface area contributed by atoms with E-state index < -0.39 is 14.9 Å². The van der Waals surface area contributed by atoms with Crippen molar-refractivity contribution in [3.05, 3.63) is 32.8 Å². The maximum absolute atomic E-state index is 12.1. The number of nitro groups is 1. The van der Waals surface area contributed by atoms with Crippen LogP contribution in [0, 0.1) is 17.0 Å². The van der Waals surface area contributed by atoms with Crippen LogP contribution in [0.5, 0.6) is 0 Å². The van der Waals surface area contributed by atoms with Crippen LogP contribution in [0.15, 0.2) is 17.0 Å². The molecule has 1 saturated carbocycles. The fourth-order valence-corrected chi connectivity index (χ4v) is 3.62. The van der Waals surface area contributed by atoms with Crippen molar-refractivity contribution in [3.63, 3.8) is 0 Å². The molecule has 2 rings (SSSR count). The summed E-state index contributed by atoms with van der Waals surface area (Å²) in [6, 6.07) is 2.00. The Bertz CT molecular complexity index is 656. The molecule has 110 valence electrons. The second-order valence-electron chi connectivity index (χ2n) is 4.86. The Balaban J connectivity index is 2.34. The third kappa shape index (κ3) is 2.93. The Morgan fingerprint density at radius 2 is 2.05 bits per heavy atom. The summed E-state index contributed by atoms with van der Waals surface area (Å²) in [4.78, 5) is 10.0. The van der Waals surface area contributed by atoms with Gasteiger partial charge in [-0.3, -0.25) is 10.1 Å². The third-order valence-corrected chi connectivity index (χ3v) is 5.19. The Kier molecular flexibility index (Phi) is 4.01. The summed E-state index contributed by atoms with van der Waals surface area (Å²) in [5, 5.41) is 10.9. The predicted octanol–water partition coefficient (Wildman–Crippen LogP) is 1.32. The molecule has 1 aliphatic carbocycles. The molecule has 1 aliphatic rings. The Hall–Kier alpha value is -1.22. The van der Waals surface area contributed by atoms with Crippen LogP contribution in [0.25, 0.3) is 0 Å². The second kappa shape index (κ2) is 5.28. The average molecular weight is 320 g/mol. The molecule has 1 aromatic rings. The van der Waals surface area contributed by atoms with Gasteiger partial charge in [-0.15, -0.1) is 0 Å². The molecule has 0 unspecified atom stereocenters. The van der Waals surface area contributed by atoms with Crippen molar-refractivity contribution in [2.45, 2.75) is 36.7 Å². The largest absolute Gasteiger partial charge is 0.328 e. The van der Waals surface area contributed by atoms with Crippen molar-refractivity contribution in [1.82, 2.24) is 4.72 Å². The molecule has 0 saturated heterocycles. The second-order valence-corrected chi connectivity index (χ2v) is 6.98. The quantitative estimate of drug-likeness (QED) is 0.641. The molecule has 9 heteroatoms. The van der Waals surface area contributed by atoms with Gasteiger partial charge in [0.05, 0.1) is 14.8 Å². The average Bonchev–Trinajstić information content (AvgIpc) is 2.29. The summed E-state index contributed by atoms with van der Waals surface area (Å²) >= 11 is 5.86. The molecular formula is C11H14ClN3O4S. The van der Waals surface area contributed by atoms with Crippen LogP contribution in [0.1, 0.15) is 18.4 Å². The maximum atomic E-state index is 12.1. The van der Waals surface area contributed by atoms with Crippen molar-refractivity contribution >= 4 is 27.3 Å². The van der Waals surface area contributed by atoms with E-state index in [9.17, 15) is 18.5 Å². The molecule has 1 fully saturated rings. The van der Waals surface area contributed by atoms with Gasteiger partial charge >= 0.3 is 0 Å². The van der Waals surface area contributed by atoms with Gasteiger partial charge in [0.25, 0.3) is 5.69 Å². The van der Waals surface area contributed by atoms with Crippen molar-refractivity contribution in [3.8, 4) is 0 Å². The first kappa shape index (κ1) is 15.2. The fraction of sp³-hybridized carbons (Fsp3) is 0.455. The minimum absolute atomic E-state index is 0.00126. The predicted molar refractivity (Wildman–Crippen MR) is 74.2 cm³/mol. The molecule has 0 atom stereocenters. The molecule has 20 heavy (non-hydrogen) atoms. The van der Waals surface area contributed by atoms with Gasteiger partial charge in [0.1, 0.15) is 0 Å². The van der Waals surface area contributed by atoms with E-state index in [1.807, 2.05) is 0 Å². The van der Waals surface area contributed by atoms with Crippen LogP contribution < -0.4 is 10.5 Å². The number of hydrogen-bond acceptors (Lipinski definition) is 5. The first-order valence-corrected chi connectivity index (χ1v) is 7.79. The van der Waals surface area contributed by atoms with E-state index in [4.69, 9.17) is 17.3 Å². The lowest BCUT2D eigenvalue weighted by molar-refractivity contribution is -0.385. The molecular weight excluding hydrogens is 306 g/mol. The summed E-state index contributed by atoms with van der Waals surface area (Å²) in [6.45, 7) is 1.47. The lowest BCUT2D eigenvalue weighted by Gasteiger charge is -2.32. The molecule has 0 spiro atoms. The van der Waals surface area contributed by atoms with Gasteiger partial charge in [-0.2, -0.15) is 0 Å². The maximum Gasteiger partial charge on any atom is 0.275 e. The Morgan fingerprint density at radius 1 is 1.45 bits per heavy atom. The summed E-state index contributed by atoms with van der Waals surface area (Å²) < 4.78 is 26.8. The number of nitro benzene ring substituents is 1. The van der Waals surface area contributed by atoms with E-state index in [0.717, 1.165) is 6.07 Å².